The first-order chi connectivity index (χ1) is 15.9. The summed E-state index contributed by atoms with van der Waals surface area (Å²) in [7, 11) is 0. The Bertz CT molecular complexity index is 1140. The van der Waals surface area contributed by atoms with E-state index in [0.29, 0.717) is 13.0 Å². The number of carbonyl (C=O) groups is 3. The number of anilines is 1. The molecule has 0 saturated carbocycles. The lowest BCUT2D eigenvalue weighted by atomic mass is 9.76. The van der Waals surface area contributed by atoms with Crippen LogP contribution in [0.15, 0.2) is 42.5 Å². The molecule has 3 heterocycles. The molecule has 0 aromatic heterocycles. The normalized spacial score (nSPS) is 27.9. The van der Waals surface area contributed by atoms with Gasteiger partial charge in [-0.25, -0.2) is 0 Å². The number of rotatable bonds is 6. The van der Waals surface area contributed by atoms with Gasteiger partial charge >= 0.3 is 0 Å². The highest BCUT2D eigenvalue weighted by Gasteiger charge is 2.70. The van der Waals surface area contributed by atoms with Crippen molar-refractivity contribution in [2.75, 3.05) is 23.9 Å². The highest BCUT2D eigenvalue weighted by atomic mass is 32.2. The van der Waals surface area contributed by atoms with Gasteiger partial charge in [0.05, 0.1) is 11.8 Å². The third kappa shape index (κ3) is 3.24. The lowest BCUT2D eigenvalue weighted by Gasteiger charge is -2.29. The Balaban J connectivity index is 1.54. The molecule has 2 fully saturated rings. The van der Waals surface area contributed by atoms with Crippen LogP contribution in [0, 0.1) is 25.7 Å². The number of carbonyl (C=O) groups excluding carboxylic acids is 3. The monoisotopic (exact) mass is 463 g/mol. The van der Waals surface area contributed by atoms with Gasteiger partial charge in [0.15, 0.2) is 0 Å². The van der Waals surface area contributed by atoms with Crippen LogP contribution in [-0.2, 0) is 26.3 Å². The molecule has 2 aromatic carbocycles. The Hall–Kier alpha value is -2.64. The van der Waals surface area contributed by atoms with Gasteiger partial charge in [-0.1, -0.05) is 42.5 Å². The van der Waals surface area contributed by atoms with Crippen molar-refractivity contribution in [2.45, 2.75) is 38.3 Å². The van der Waals surface area contributed by atoms with Crippen LogP contribution in [0.5, 0.6) is 0 Å². The standard InChI is InChI=1S/C26H29N3O3S/c1-15-9-10-18-22(16(15)2)27-25(32)26(18)21-20(19(28-26)12-14-33-3)23(30)29(24(21)31)13-11-17-7-5-4-6-8-17/h4-10,19-21,28H,11-14H2,1-3H3,(H,27,32)/t19-,20+,21+,26+/m0/s1. The van der Waals surface area contributed by atoms with Gasteiger partial charge in [-0.15, -0.1) is 0 Å². The maximum Gasteiger partial charge on any atom is 0.250 e. The van der Waals surface area contributed by atoms with Crippen LogP contribution in [0.25, 0.3) is 0 Å². The molecule has 4 atom stereocenters. The number of aryl methyl sites for hydroxylation is 1. The molecule has 33 heavy (non-hydrogen) atoms. The average molecular weight is 464 g/mol. The van der Waals surface area contributed by atoms with Crippen LogP contribution < -0.4 is 10.6 Å². The summed E-state index contributed by atoms with van der Waals surface area (Å²) in [6, 6.07) is 13.6. The van der Waals surface area contributed by atoms with Gasteiger partial charge in [0, 0.05) is 23.8 Å². The summed E-state index contributed by atoms with van der Waals surface area (Å²) in [5.74, 6) is -1.01. The molecule has 7 heteroatoms. The van der Waals surface area contributed by atoms with Gasteiger partial charge in [0.25, 0.3) is 0 Å². The number of likely N-dealkylation sites (tertiary alicyclic amines) is 1. The minimum absolute atomic E-state index is 0.151. The number of thioether (sulfide) groups is 1. The van der Waals surface area contributed by atoms with Gasteiger partial charge in [-0.05, 0) is 55.4 Å². The van der Waals surface area contributed by atoms with Crippen LogP contribution in [0.1, 0.15) is 28.7 Å². The Morgan fingerprint density at radius 2 is 1.79 bits per heavy atom. The summed E-state index contributed by atoms with van der Waals surface area (Å²) in [6.45, 7) is 4.33. The Kier molecular flexibility index (Phi) is 5.57. The summed E-state index contributed by atoms with van der Waals surface area (Å²) < 4.78 is 0. The summed E-state index contributed by atoms with van der Waals surface area (Å²) in [5, 5.41) is 6.57. The van der Waals surface area contributed by atoms with E-state index in [-0.39, 0.29) is 23.8 Å². The van der Waals surface area contributed by atoms with Crippen LogP contribution >= 0.6 is 11.8 Å². The molecule has 2 aromatic rings. The molecule has 2 saturated heterocycles. The lowest BCUT2D eigenvalue weighted by molar-refractivity contribution is -0.142. The topological polar surface area (TPSA) is 78.5 Å². The van der Waals surface area contributed by atoms with E-state index in [4.69, 9.17) is 0 Å². The minimum atomic E-state index is -1.20. The Morgan fingerprint density at radius 3 is 2.52 bits per heavy atom. The molecule has 0 unspecified atom stereocenters. The summed E-state index contributed by atoms with van der Waals surface area (Å²) >= 11 is 1.70. The number of amides is 3. The maximum atomic E-state index is 13.8. The molecule has 3 aliphatic rings. The number of nitrogens with zero attached hydrogens (tertiary/aromatic N) is 1. The van der Waals surface area contributed by atoms with E-state index in [2.05, 4.69) is 10.6 Å². The molecule has 3 amide bonds. The minimum Gasteiger partial charge on any atom is -0.324 e. The third-order valence-corrected chi connectivity index (χ3v) is 8.26. The van der Waals surface area contributed by atoms with E-state index in [9.17, 15) is 14.4 Å². The lowest BCUT2D eigenvalue weighted by Crippen LogP contribution is -2.53. The predicted molar refractivity (Wildman–Crippen MR) is 130 cm³/mol. The highest BCUT2D eigenvalue weighted by molar-refractivity contribution is 7.98. The van der Waals surface area contributed by atoms with E-state index in [1.807, 2.05) is 62.6 Å². The maximum absolute atomic E-state index is 13.8. The van der Waals surface area contributed by atoms with Crippen molar-refractivity contribution in [3.8, 4) is 0 Å². The zero-order valence-electron chi connectivity index (χ0n) is 19.2. The number of hydrogen-bond donors (Lipinski definition) is 2. The van der Waals surface area contributed by atoms with E-state index < -0.39 is 17.4 Å². The molecule has 3 aliphatic heterocycles. The Labute approximate surface area is 198 Å². The molecule has 5 rings (SSSR count). The number of nitrogens with one attached hydrogen (secondary N) is 2. The SMILES string of the molecule is CSCC[C@@H]1N[C@@]2(C(=O)Nc3c2ccc(C)c3C)[C@H]2C(=O)N(CCc3ccccc3)C(=O)[C@H]12. The fraction of sp³-hybridized carbons (Fsp3) is 0.423. The molecule has 0 radical (unpaired) electrons. The summed E-state index contributed by atoms with van der Waals surface area (Å²) in [6.07, 6.45) is 3.36. The molecule has 6 nitrogen and oxygen atoms in total. The van der Waals surface area contributed by atoms with Crippen molar-refractivity contribution in [3.63, 3.8) is 0 Å². The van der Waals surface area contributed by atoms with Crippen molar-refractivity contribution < 1.29 is 14.4 Å². The van der Waals surface area contributed by atoms with Gasteiger partial charge in [0.2, 0.25) is 17.7 Å². The second-order valence-corrected chi connectivity index (χ2v) is 10.3. The second kappa shape index (κ2) is 8.29. The fourth-order valence-electron chi connectivity index (χ4n) is 5.78. The smallest absolute Gasteiger partial charge is 0.250 e. The number of benzene rings is 2. The van der Waals surface area contributed by atoms with Crippen LogP contribution in [0.4, 0.5) is 5.69 Å². The van der Waals surface area contributed by atoms with E-state index >= 15 is 0 Å². The van der Waals surface area contributed by atoms with Gasteiger partial charge in [-0.2, -0.15) is 11.8 Å². The van der Waals surface area contributed by atoms with Gasteiger partial charge in [-0.3, -0.25) is 24.6 Å². The third-order valence-electron chi connectivity index (χ3n) is 7.61. The van der Waals surface area contributed by atoms with Crippen LogP contribution in [0.3, 0.4) is 0 Å². The largest absolute Gasteiger partial charge is 0.324 e. The number of fused-ring (bicyclic) bond motifs is 4. The quantitative estimate of drug-likeness (QED) is 0.644. The fourth-order valence-corrected chi connectivity index (χ4v) is 6.27. The van der Waals surface area contributed by atoms with E-state index in [1.54, 1.807) is 11.8 Å². The number of hydrogen-bond acceptors (Lipinski definition) is 5. The molecule has 0 bridgehead atoms. The van der Waals surface area contributed by atoms with E-state index in [1.165, 1.54) is 4.90 Å². The first-order valence-corrected chi connectivity index (χ1v) is 12.9. The first-order valence-electron chi connectivity index (χ1n) is 11.5. The van der Waals surface area contributed by atoms with Crippen LogP contribution in [0.2, 0.25) is 0 Å². The average Bonchev–Trinajstić information content (AvgIpc) is 3.39. The summed E-state index contributed by atoms with van der Waals surface area (Å²) in [4.78, 5) is 42.3. The van der Waals surface area contributed by atoms with Crippen molar-refractivity contribution in [1.29, 1.82) is 0 Å². The van der Waals surface area contributed by atoms with Crippen LogP contribution in [-0.4, -0.2) is 47.2 Å². The first kappa shape index (κ1) is 22.2. The number of imide groups is 1. The van der Waals surface area contributed by atoms with Crippen molar-refractivity contribution in [1.82, 2.24) is 10.2 Å². The van der Waals surface area contributed by atoms with Crippen molar-refractivity contribution >= 4 is 35.2 Å². The molecule has 172 valence electrons. The second-order valence-electron chi connectivity index (χ2n) is 9.29. The molecule has 2 N–H and O–H groups in total. The zero-order chi connectivity index (χ0) is 23.3. The highest BCUT2D eigenvalue weighted by Crippen LogP contribution is 2.54. The molecular weight excluding hydrogens is 434 g/mol. The molecule has 0 aliphatic carbocycles. The summed E-state index contributed by atoms with van der Waals surface area (Å²) in [5.41, 5.74) is 3.54. The van der Waals surface area contributed by atoms with Gasteiger partial charge in [0.1, 0.15) is 5.54 Å². The van der Waals surface area contributed by atoms with Crippen molar-refractivity contribution in [3.05, 3.63) is 64.7 Å². The van der Waals surface area contributed by atoms with Crippen molar-refractivity contribution in [2.24, 2.45) is 11.8 Å². The molecular formula is C26H29N3O3S. The van der Waals surface area contributed by atoms with Gasteiger partial charge < -0.3 is 5.32 Å². The zero-order valence-corrected chi connectivity index (χ0v) is 20.0. The predicted octanol–water partition coefficient (Wildman–Crippen LogP) is 3.02. The van der Waals surface area contributed by atoms with E-state index in [0.717, 1.165) is 40.1 Å². The molecule has 1 spiro atoms. The Morgan fingerprint density at radius 1 is 1.03 bits per heavy atom.